The summed E-state index contributed by atoms with van der Waals surface area (Å²) in [6.07, 6.45) is 5.58. The summed E-state index contributed by atoms with van der Waals surface area (Å²) >= 11 is 0. The number of hydrogen-bond donors (Lipinski definition) is 2. The van der Waals surface area contributed by atoms with Gasteiger partial charge in [-0.2, -0.15) is 0 Å². The number of carbonyl (C=O) groups excluding carboxylic acids is 1. The van der Waals surface area contributed by atoms with Crippen LogP contribution in [-0.4, -0.2) is 33.9 Å². The molecule has 110 valence electrons. The summed E-state index contributed by atoms with van der Waals surface area (Å²) in [5.74, 6) is -0.136. The highest BCUT2D eigenvalue weighted by molar-refractivity contribution is 5.93. The van der Waals surface area contributed by atoms with Crippen molar-refractivity contribution in [3.63, 3.8) is 0 Å². The molecule has 0 radical (unpaired) electrons. The number of rotatable bonds is 6. The van der Waals surface area contributed by atoms with Crippen LogP contribution in [0, 0.1) is 0 Å². The molecule has 0 aliphatic heterocycles. The van der Waals surface area contributed by atoms with Crippen LogP contribution in [0.4, 0.5) is 0 Å². The molecule has 0 unspecified atom stereocenters. The number of hydrogen-bond acceptors (Lipinski definition) is 4. The van der Waals surface area contributed by atoms with Crippen LogP contribution in [0.1, 0.15) is 22.3 Å². The molecule has 0 spiro atoms. The number of nitrogens with one attached hydrogen (secondary N) is 1. The van der Waals surface area contributed by atoms with Gasteiger partial charge in [0, 0.05) is 37.7 Å². The summed E-state index contributed by atoms with van der Waals surface area (Å²) in [6.45, 7) is 1.54. The van der Waals surface area contributed by atoms with Gasteiger partial charge in [0.05, 0.1) is 5.56 Å². The summed E-state index contributed by atoms with van der Waals surface area (Å²) < 4.78 is 0. The van der Waals surface area contributed by atoms with Crippen molar-refractivity contribution in [2.75, 3.05) is 13.1 Å². The summed E-state index contributed by atoms with van der Waals surface area (Å²) in [5, 5.41) is 0. The van der Waals surface area contributed by atoms with Crippen molar-refractivity contribution in [2.45, 2.75) is 13.0 Å². The summed E-state index contributed by atoms with van der Waals surface area (Å²) in [7, 11) is 0. The molecule has 6 heteroatoms. The van der Waals surface area contributed by atoms with Crippen LogP contribution in [0.25, 0.3) is 0 Å². The first-order valence-electron chi connectivity index (χ1n) is 6.77. The van der Waals surface area contributed by atoms with Crippen molar-refractivity contribution < 1.29 is 4.79 Å². The molecular formula is C15H18N4O2. The zero-order valence-corrected chi connectivity index (χ0v) is 11.7. The van der Waals surface area contributed by atoms with Crippen LogP contribution in [0.3, 0.4) is 0 Å². The average molecular weight is 286 g/mol. The molecule has 21 heavy (non-hydrogen) atoms. The van der Waals surface area contributed by atoms with Crippen LogP contribution in [-0.2, 0) is 6.54 Å². The van der Waals surface area contributed by atoms with Gasteiger partial charge in [0.25, 0.3) is 5.91 Å². The molecule has 2 heterocycles. The van der Waals surface area contributed by atoms with Gasteiger partial charge in [-0.3, -0.25) is 14.6 Å². The van der Waals surface area contributed by atoms with E-state index in [-0.39, 0.29) is 11.5 Å². The SMILES string of the molecule is NCCCN(Cc1cccnc1)C(=O)c1ccc(=O)[nH]c1. The van der Waals surface area contributed by atoms with Gasteiger partial charge < -0.3 is 15.6 Å². The molecule has 0 saturated carbocycles. The van der Waals surface area contributed by atoms with Gasteiger partial charge in [0.15, 0.2) is 0 Å². The predicted octanol–water partition coefficient (Wildman–Crippen LogP) is 0.761. The van der Waals surface area contributed by atoms with Gasteiger partial charge in [-0.25, -0.2) is 0 Å². The molecule has 0 aliphatic rings. The van der Waals surface area contributed by atoms with E-state index in [4.69, 9.17) is 5.73 Å². The average Bonchev–Trinajstić information content (AvgIpc) is 2.52. The van der Waals surface area contributed by atoms with Gasteiger partial charge in [0.2, 0.25) is 5.56 Å². The smallest absolute Gasteiger partial charge is 0.255 e. The first kappa shape index (κ1) is 14.9. The number of H-pyrrole nitrogens is 1. The Morgan fingerprint density at radius 3 is 2.81 bits per heavy atom. The van der Waals surface area contributed by atoms with E-state index in [1.54, 1.807) is 17.3 Å². The van der Waals surface area contributed by atoms with E-state index < -0.39 is 0 Å². The minimum absolute atomic E-state index is 0.136. The highest BCUT2D eigenvalue weighted by Crippen LogP contribution is 2.08. The van der Waals surface area contributed by atoms with Gasteiger partial charge in [-0.05, 0) is 30.7 Å². The lowest BCUT2D eigenvalue weighted by Gasteiger charge is -2.22. The molecule has 2 aromatic rings. The quantitative estimate of drug-likeness (QED) is 0.820. The predicted molar refractivity (Wildman–Crippen MR) is 79.7 cm³/mol. The first-order valence-corrected chi connectivity index (χ1v) is 6.77. The monoisotopic (exact) mass is 286 g/mol. The van der Waals surface area contributed by atoms with Gasteiger partial charge >= 0.3 is 0 Å². The minimum Gasteiger partial charge on any atom is -0.334 e. The zero-order valence-electron chi connectivity index (χ0n) is 11.7. The molecule has 2 aromatic heterocycles. The fraction of sp³-hybridized carbons (Fsp3) is 0.267. The van der Waals surface area contributed by atoms with Crippen molar-refractivity contribution in [3.8, 4) is 0 Å². The van der Waals surface area contributed by atoms with E-state index in [2.05, 4.69) is 9.97 Å². The lowest BCUT2D eigenvalue weighted by Crippen LogP contribution is -2.33. The number of nitrogens with zero attached hydrogens (tertiary/aromatic N) is 2. The lowest BCUT2D eigenvalue weighted by atomic mass is 10.2. The fourth-order valence-corrected chi connectivity index (χ4v) is 1.97. The molecule has 0 fully saturated rings. The number of aromatic amines is 1. The molecule has 0 bridgehead atoms. The highest BCUT2D eigenvalue weighted by atomic mass is 16.2. The van der Waals surface area contributed by atoms with Crippen LogP contribution in [0.15, 0.2) is 47.7 Å². The second-order valence-electron chi connectivity index (χ2n) is 4.67. The third kappa shape index (κ3) is 4.25. The van der Waals surface area contributed by atoms with E-state index in [0.717, 1.165) is 12.0 Å². The van der Waals surface area contributed by atoms with Crippen LogP contribution < -0.4 is 11.3 Å². The Morgan fingerprint density at radius 2 is 2.19 bits per heavy atom. The lowest BCUT2D eigenvalue weighted by molar-refractivity contribution is 0.0741. The maximum atomic E-state index is 12.5. The summed E-state index contributed by atoms with van der Waals surface area (Å²) in [6, 6.07) is 6.63. The van der Waals surface area contributed by atoms with Crippen molar-refractivity contribution in [1.82, 2.24) is 14.9 Å². The van der Waals surface area contributed by atoms with E-state index in [1.807, 2.05) is 12.1 Å². The normalized spacial score (nSPS) is 10.3. The molecule has 0 aliphatic carbocycles. The van der Waals surface area contributed by atoms with Crippen molar-refractivity contribution in [3.05, 3.63) is 64.3 Å². The van der Waals surface area contributed by atoms with Crippen molar-refractivity contribution in [2.24, 2.45) is 5.73 Å². The highest BCUT2D eigenvalue weighted by Gasteiger charge is 2.16. The van der Waals surface area contributed by atoms with Crippen molar-refractivity contribution in [1.29, 1.82) is 0 Å². The Labute approximate surface area is 122 Å². The standard InChI is InChI=1S/C15H18N4O2/c16-6-2-8-19(11-12-3-1-7-17-9-12)15(21)13-4-5-14(20)18-10-13/h1,3-5,7,9-10H,2,6,8,11,16H2,(H,18,20). The number of amides is 1. The largest absolute Gasteiger partial charge is 0.334 e. The Balaban J connectivity index is 2.16. The molecule has 0 aromatic carbocycles. The second-order valence-corrected chi connectivity index (χ2v) is 4.67. The molecule has 2 rings (SSSR count). The van der Waals surface area contributed by atoms with Crippen LogP contribution in [0.2, 0.25) is 0 Å². The first-order chi connectivity index (χ1) is 10.2. The Kier molecular flexibility index (Phi) is 5.22. The maximum Gasteiger partial charge on any atom is 0.255 e. The number of carbonyl (C=O) groups is 1. The molecular weight excluding hydrogens is 268 g/mol. The van der Waals surface area contributed by atoms with Gasteiger partial charge in [-0.1, -0.05) is 6.07 Å². The second kappa shape index (κ2) is 7.35. The number of aromatic nitrogens is 2. The molecule has 6 nitrogen and oxygen atoms in total. The molecule has 3 N–H and O–H groups in total. The fourth-order valence-electron chi connectivity index (χ4n) is 1.97. The number of pyridine rings is 2. The van der Waals surface area contributed by atoms with Crippen LogP contribution in [0.5, 0.6) is 0 Å². The Hall–Kier alpha value is -2.47. The van der Waals surface area contributed by atoms with E-state index in [9.17, 15) is 9.59 Å². The third-order valence-electron chi connectivity index (χ3n) is 3.05. The molecule has 1 amide bonds. The summed E-state index contributed by atoms with van der Waals surface area (Å²) in [4.78, 5) is 31.9. The van der Waals surface area contributed by atoms with E-state index >= 15 is 0 Å². The third-order valence-corrected chi connectivity index (χ3v) is 3.05. The topological polar surface area (TPSA) is 92.1 Å². The molecule has 0 saturated heterocycles. The van der Waals surface area contributed by atoms with Gasteiger partial charge in [0.1, 0.15) is 0 Å². The Bertz CT molecular complexity index is 619. The molecule has 0 atom stereocenters. The van der Waals surface area contributed by atoms with E-state index in [0.29, 0.717) is 25.2 Å². The number of nitrogens with two attached hydrogens (primary N) is 1. The minimum atomic E-state index is -0.229. The van der Waals surface area contributed by atoms with E-state index in [1.165, 1.54) is 18.3 Å². The Morgan fingerprint density at radius 1 is 1.33 bits per heavy atom. The maximum absolute atomic E-state index is 12.5. The van der Waals surface area contributed by atoms with Gasteiger partial charge in [-0.15, -0.1) is 0 Å². The van der Waals surface area contributed by atoms with Crippen LogP contribution >= 0.6 is 0 Å². The van der Waals surface area contributed by atoms with Crippen molar-refractivity contribution >= 4 is 5.91 Å². The zero-order chi connectivity index (χ0) is 15.1. The summed E-state index contributed by atoms with van der Waals surface area (Å²) in [5.41, 5.74) is 6.71.